The molecule has 2 aliphatic rings. The number of hydrogen-bond donors (Lipinski definition) is 0. The highest BCUT2D eigenvalue weighted by atomic mass is 32.2. The second-order valence-electron chi connectivity index (χ2n) is 8.44. The van der Waals surface area contributed by atoms with Gasteiger partial charge in [0.15, 0.2) is 0 Å². The van der Waals surface area contributed by atoms with Crippen molar-refractivity contribution in [1.82, 2.24) is 13.5 Å². The van der Waals surface area contributed by atoms with Gasteiger partial charge in [-0.1, -0.05) is 19.3 Å². The van der Waals surface area contributed by atoms with E-state index in [9.17, 15) is 13.2 Å². The Balaban J connectivity index is 1.43. The summed E-state index contributed by atoms with van der Waals surface area (Å²) < 4.78 is 39.9. The van der Waals surface area contributed by atoms with E-state index in [1.165, 1.54) is 12.5 Å². The SMILES string of the molecule is COc1ccc2c(CN3CCN(S(=O)(=O)N(C)C4CCCCC4)CC3)cc(=O)oc2c1. The van der Waals surface area contributed by atoms with E-state index in [2.05, 4.69) is 4.90 Å². The zero-order valence-corrected chi connectivity index (χ0v) is 19.1. The van der Waals surface area contributed by atoms with Crippen molar-refractivity contribution in [3.63, 3.8) is 0 Å². The van der Waals surface area contributed by atoms with Gasteiger partial charge in [0, 0.05) is 63.3 Å². The maximum atomic E-state index is 13.1. The van der Waals surface area contributed by atoms with Crippen molar-refractivity contribution in [2.75, 3.05) is 40.3 Å². The summed E-state index contributed by atoms with van der Waals surface area (Å²) in [6, 6.07) is 7.09. The molecule has 0 atom stereocenters. The molecule has 0 spiro atoms. The predicted molar refractivity (Wildman–Crippen MR) is 119 cm³/mol. The lowest BCUT2D eigenvalue weighted by atomic mass is 9.96. The van der Waals surface area contributed by atoms with Crippen LogP contribution in [0, 0.1) is 0 Å². The molecule has 4 rings (SSSR count). The van der Waals surface area contributed by atoms with E-state index in [1.807, 2.05) is 12.1 Å². The number of ether oxygens (including phenoxy) is 1. The summed E-state index contributed by atoms with van der Waals surface area (Å²) >= 11 is 0. The molecule has 1 aliphatic carbocycles. The minimum absolute atomic E-state index is 0.115. The molecule has 2 fully saturated rings. The van der Waals surface area contributed by atoms with Gasteiger partial charge in [0.05, 0.1) is 7.11 Å². The third-order valence-electron chi connectivity index (χ3n) is 6.54. The van der Waals surface area contributed by atoms with Gasteiger partial charge >= 0.3 is 5.63 Å². The minimum Gasteiger partial charge on any atom is -0.497 e. The molecule has 0 radical (unpaired) electrons. The Hall–Kier alpha value is -1.94. The lowest BCUT2D eigenvalue weighted by molar-refractivity contribution is 0.170. The minimum atomic E-state index is -3.45. The first-order valence-corrected chi connectivity index (χ1v) is 12.3. The van der Waals surface area contributed by atoms with E-state index >= 15 is 0 Å². The Morgan fingerprint density at radius 3 is 2.48 bits per heavy atom. The lowest BCUT2D eigenvalue weighted by Gasteiger charge is -2.38. The Morgan fingerprint density at radius 1 is 1.10 bits per heavy atom. The van der Waals surface area contributed by atoms with Crippen molar-refractivity contribution in [3.8, 4) is 5.75 Å². The first kappa shape index (κ1) is 22.3. The van der Waals surface area contributed by atoms with E-state index in [1.54, 1.807) is 28.8 Å². The number of rotatable bonds is 6. The van der Waals surface area contributed by atoms with E-state index in [0.717, 1.165) is 36.6 Å². The first-order valence-electron chi connectivity index (χ1n) is 10.9. The van der Waals surface area contributed by atoms with Crippen LogP contribution in [0.5, 0.6) is 5.75 Å². The molecule has 31 heavy (non-hydrogen) atoms. The standard InChI is InChI=1S/C22H31N3O5S/c1-23(18-6-4-3-5-7-18)31(27,28)25-12-10-24(11-13-25)16-17-14-22(26)30-21-15-19(29-2)8-9-20(17)21/h8-9,14-15,18H,3-7,10-13,16H2,1-2H3. The van der Waals surface area contributed by atoms with Crippen molar-refractivity contribution in [1.29, 1.82) is 0 Å². The maximum Gasteiger partial charge on any atom is 0.336 e. The fourth-order valence-electron chi connectivity index (χ4n) is 4.64. The molecule has 0 N–H and O–H groups in total. The number of piperazine rings is 1. The zero-order valence-electron chi connectivity index (χ0n) is 18.2. The van der Waals surface area contributed by atoms with Gasteiger partial charge in [-0.2, -0.15) is 17.0 Å². The third kappa shape index (κ3) is 4.79. The molecule has 8 nitrogen and oxygen atoms in total. The zero-order chi connectivity index (χ0) is 22.0. The molecular formula is C22H31N3O5S. The summed E-state index contributed by atoms with van der Waals surface area (Å²) in [6.07, 6.45) is 5.29. The first-order chi connectivity index (χ1) is 14.9. The van der Waals surface area contributed by atoms with Gasteiger partial charge in [0.2, 0.25) is 0 Å². The second-order valence-corrected chi connectivity index (χ2v) is 10.4. The molecule has 9 heteroatoms. The van der Waals surface area contributed by atoms with Crippen molar-refractivity contribution in [3.05, 3.63) is 40.2 Å². The molecule has 1 aliphatic heterocycles. The van der Waals surface area contributed by atoms with Gasteiger partial charge in [0.1, 0.15) is 11.3 Å². The van der Waals surface area contributed by atoms with E-state index in [-0.39, 0.29) is 6.04 Å². The van der Waals surface area contributed by atoms with Crippen LogP contribution in [-0.4, -0.2) is 68.3 Å². The molecule has 1 aromatic carbocycles. The Bertz CT molecular complexity index is 1070. The number of methoxy groups -OCH3 is 1. The summed E-state index contributed by atoms with van der Waals surface area (Å²) in [5.74, 6) is 0.633. The summed E-state index contributed by atoms with van der Waals surface area (Å²) in [4.78, 5) is 14.2. The monoisotopic (exact) mass is 449 g/mol. The quantitative estimate of drug-likeness (QED) is 0.630. The van der Waals surface area contributed by atoms with Gasteiger partial charge in [-0.3, -0.25) is 4.90 Å². The number of benzene rings is 1. The molecule has 0 amide bonds. The van der Waals surface area contributed by atoms with Crippen LogP contribution in [0.2, 0.25) is 0 Å². The second kappa shape index (κ2) is 9.28. The Labute approximate surface area is 183 Å². The van der Waals surface area contributed by atoms with Gasteiger partial charge in [-0.25, -0.2) is 4.79 Å². The van der Waals surface area contributed by atoms with Gasteiger partial charge in [-0.15, -0.1) is 0 Å². The van der Waals surface area contributed by atoms with Crippen molar-refractivity contribution in [2.45, 2.75) is 44.7 Å². The van der Waals surface area contributed by atoms with E-state index < -0.39 is 15.8 Å². The molecular weight excluding hydrogens is 418 g/mol. The third-order valence-corrected chi connectivity index (χ3v) is 8.59. The van der Waals surface area contributed by atoms with Crippen LogP contribution >= 0.6 is 0 Å². The summed E-state index contributed by atoms with van der Waals surface area (Å²) in [5, 5.41) is 0.868. The fraction of sp³-hybridized carbons (Fsp3) is 0.591. The average Bonchev–Trinajstić information content (AvgIpc) is 2.79. The van der Waals surface area contributed by atoms with Crippen LogP contribution in [0.25, 0.3) is 11.0 Å². The van der Waals surface area contributed by atoms with Crippen molar-refractivity contribution < 1.29 is 17.6 Å². The Morgan fingerprint density at radius 2 is 1.81 bits per heavy atom. The van der Waals surface area contributed by atoms with Crippen LogP contribution in [0.1, 0.15) is 37.7 Å². The molecule has 1 saturated carbocycles. The van der Waals surface area contributed by atoms with Crippen molar-refractivity contribution >= 4 is 21.2 Å². The Kier molecular flexibility index (Phi) is 6.66. The predicted octanol–water partition coefficient (Wildman–Crippen LogP) is 2.43. The molecule has 170 valence electrons. The average molecular weight is 450 g/mol. The number of nitrogens with zero attached hydrogens (tertiary/aromatic N) is 3. The molecule has 2 heterocycles. The van der Waals surface area contributed by atoms with Gasteiger partial charge in [-0.05, 0) is 30.5 Å². The highest BCUT2D eigenvalue weighted by Gasteiger charge is 2.34. The van der Waals surface area contributed by atoms with Crippen LogP contribution in [-0.2, 0) is 16.8 Å². The fourth-order valence-corrected chi connectivity index (χ4v) is 6.22. The summed E-state index contributed by atoms with van der Waals surface area (Å²) in [6.45, 7) is 2.71. The lowest BCUT2D eigenvalue weighted by Crippen LogP contribution is -2.54. The normalized spacial score (nSPS) is 19.8. The van der Waals surface area contributed by atoms with Crippen LogP contribution in [0.15, 0.2) is 33.5 Å². The van der Waals surface area contributed by atoms with Crippen LogP contribution in [0.4, 0.5) is 0 Å². The van der Waals surface area contributed by atoms with E-state index in [0.29, 0.717) is 44.1 Å². The highest BCUT2D eigenvalue weighted by Crippen LogP contribution is 2.26. The topological polar surface area (TPSA) is 83.3 Å². The van der Waals surface area contributed by atoms with Gasteiger partial charge in [0.25, 0.3) is 10.2 Å². The largest absolute Gasteiger partial charge is 0.497 e. The number of fused-ring (bicyclic) bond motifs is 1. The smallest absolute Gasteiger partial charge is 0.336 e. The highest BCUT2D eigenvalue weighted by molar-refractivity contribution is 7.86. The molecule has 1 aromatic heterocycles. The molecule has 0 bridgehead atoms. The molecule has 1 saturated heterocycles. The van der Waals surface area contributed by atoms with Crippen LogP contribution < -0.4 is 10.4 Å². The van der Waals surface area contributed by atoms with Crippen molar-refractivity contribution in [2.24, 2.45) is 0 Å². The van der Waals surface area contributed by atoms with Gasteiger partial charge < -0.3 is 9.15 Å². The number of hydrogen-bond acceptors (Lipinski definition) is 6. The van der Waals surface area contributed by atoms with Crippen LogP contribution in [0.3, 0.4) is 0 Å². The van der Waals surface area contributed by atoms with E-state index in [4.69, 9.17) is 9.15 Å². The maximum absolute atomic E-state index is 13.1. The molecule has 2 aromatic rings. The summed E-state index contributed by atoms with van der Waals surface area (Å²) in [5.41, 5.74) is 0.979. The summed E-state index contributed by atoms with van der Waals surface area (Å²) in [7, 11) is -0.151. The molecule has 0 unspecified atom stereocenters.